The SMILES string of the molecule is CN(CCCCC(=O)O)C(=O)CC1CCC(NC(=O)OCC2c3ccccc3-c3ccccc32)C1. The number of carboxylic acids is 1. The average molecular weight is 479 g/mol. The van der Waals surface area contributed by atoms with E-state index in [0.29, 0.717) is 32.4 Å². The van der Waals surface area contributed by atoms with E-state index in [4.69, 9.17) is 9.84 Å². The minimum Gasteiger partial charge on any atom is -0.481 e. The number of hydrogen-bond acceptors (Lipinski definition) is 4. The molecule has 1 fully saturated rings. The fraction of sp³-hybridized carbons (Fsp3) is 0.464. The smallest absolute Gasteiger partial charge is 0.407 e. The number of carbonyl (C=O) groups is 3. The number of carbonyl (C=O) groups excluding carboxylic acids is 2. The number of alkyl carbamates (subject to hydrolysis) is 1. The predicted molar refractivity (Wildman–Crippen MR) is 133 cm³/mol. The molecular weight excluding hydrogens is 444 g/mol. The van der Waals surface area contributed by atoms with Crippen molar-refractivity contribution in [3.8, 4) is 11.1 Å². The van der Waals surface area contributed by atoms with E-state index in [0.717, 1.165) is 19.3 Å². The zero-order chi connectivity index (χ0) is 24.8. The summed E-state index contributed by atoms with van der Waals surface area (Å²) in [6, 6.07) is 16.5. The van der Waals surface area contributed by atoms with E-state index in [-0.39, 0.29) is 30.2 Å². The molecule has 7 heteroatoms. The second-order valence-corrected chi connectivity index (χ2v) is 9.72. The van der Waals surface area contributed by atoms with Gasteiger partial charge >= 0.3 is 12.1 Å². The van der Waals surface area contributed by atoms with E-state index in [9.17, 15) is 14.4 Å². The Morgan fingerprint density at radius 2 is 1.66 bits per heavy atom. The molecule has 0 saturated heterocycles. The Morgan fingerprint density at radius 3 is 2.31 bits per heavy atom. The first kappa shape index (κ1) is 24.8. The fourth-order valence-electron chi connectivity index (χ4n) is 5.35. The number of nitrogens with one attached hydrogen (secondary N) is 1. The molecule has 2 aliphatic rings. The van der Waals surface area contributed by atoms with Crippen LogP contribution in [0.3, 0.4) is 0 Å². The van der Waals surface area contributed by atoms with Crippen LogP contribution in [0.15, 0.2) is 48.5 Å². The minimum absolute atomic E-state index is 0.0179. The second kappa shape index (κ2) is 11.4. The molecule has 2 aromatic rings. The molecule has 186 valence electrons. The van der Waals surface area contributed by atoms with Crippen LogP contribution in [0.2, 0.25) is 0 Å². The molecule has 2 atom stereocenters. The van der Waals surface area contributed by atoms with Gasteiger partial charge in [0.15, 0.2) is 0 Å². The van der Waals surface area contributed by atoms with Gasteiger partial charge in [0.1, 0.15) is 6.61 Å². The zero-order valence-corrected chi connectivity index (χ0v) is 20.2. The van der Waals surface area contributed by atoms with Gasteiger partial charge in [-0.1, -0.05) is 48.5 Å². The number of amides is 2. The van der Waals surface area contributed by atoms with Gasteiger partial charge in [-0.3, -0.25) is 9.59 Å². The summed E-state index contributed by atoms with van der Waals surface area (Å²) < 4.78 is 5.66. The second-order valence-electron chi connectivity index (χ2n) is 9.72. The predicted octanol–water partition coefficient (Wildman–Crippen LogP) is 4.80. The first-order valence-corrected chi connectivity index (χ1v) is 12.5. The highest BCUT2D eigenvalue weighted by Gasteiger charge is 2.31. The Labute approximate surface area is 206 Å². The van der Waals surface area contributed by atoms with E-state index >= 15 is 0 Å². The average Bonchev–Trinajstić information content (AvgIpc) is 3.42. The van der Waals surface area contributed by atoms with Crippen LogP contribution in [0.5, 0.6) is 0 Å². The van der Waals surface area contributed by atoms with Gasteiger partial charge in [0, 0.05) is 38.4 Å². The number of unbranched alkanes of at least 4 members (excludes halogenated alkanes) is 1. The Hall–Kier alpha value is -3.35. The van der Waals surface area contributed by atoms with Gasteiger partial charge in [0.05, 0.1) is 0 Å². The first-order valence-electron chi connectivity index (χ1n) is 12.5. The Balaban J connectivity index is 1.20. The summed E-state index contributed by atoms with van der Waals surface area (Å²) in [5.41, 5.74) is 4.78. The lowest BCUT2D eigenvalue weighted by atomic mass is 9.98. The van der Waals surface area contributed by atoms with Crippen molar-refractivity contribution in [3.63, 3.8) is 0 Å². The summed E-state index contributed by atoms with van der Waals surface area (Å²) in [6.07, 6.45) is 3.94. The molecular formula is C28H34N2O5. The number of hydrogen-bond donors (Lipinski definition) is 2. The maximum atomic E-state index is 12.6. The lowest BCUT2D eigenvalue weighted by molar-refractivity contribution is -0.137. The van der Waals surface area contributed by atoms with Crippen molar-refractivity contribution >= 4 is 18.0 Å². The monoisotopic (exact) mass is 478 g/mol. The first-order chi connectivity index (χ1) is 16.9. The van der Waals surface area contributed by atoms with Crippen LogP contribution in [-0.2, 0) is 14.3 Å². The molecule has 0 heterocycles. The molecule has 2 aliphatic carbocycles. The summed E-state index contributed by atoms with van der Waals surface area (Å²) in [4.78, 5) is 37.4. The molecule has 0 aliphatic heterocycles. The van der Waals surface area contributed by atoms with Crippen LogP contribution in [0, 0.1) is 5.92 Å². The quantitative estimate of drug-likeness (QED) is 0.479. The number of benzene rings is 2. The molecule has 2 aromatic carbocycles. The number of carboxylic acid groups (broad SMARTS) is 1. The van der Waals surface area contributed by atoms with Gasteiger partial charge < -0.3 is 20.1 Å². The van der Waals surface area contributed by atoms with Gasteiger partial charge in [-0.05, 0) is 60.3 Å². The van der Waals surface area contributed by atoms with Gasteiger partial charge in [-0.25, -0.2) is 4.79 Å². The van der Waals surface area contributed by atoms with Gasteiger partial charge in [-0.15, -0.1) is 0 Å². The van der Waals surface area contributed by atoms with Crippen molar-refractivity contribution in [3.05, 3.63) is 59.7 Å². The van der Waals surface area contributed by atoms with E-state index in [1.165, 1.54) is 22.3 Å². The third-order valence-corrected chi connectivity index (χ3v) is 7.23. The van der Waals surface area contributed by atoms with Crippen LogP contribution in [-0.4, -0.2) is 54.2 Å². The van der Waals surface area contributed by atoms with Crippen LogP contribution in [0.1, 0.15) is 62.0 Å². The van der Waals surface area contributed by atoms with Crippen molar-refractivity contribution in [1.29, 1.82) is 0 Å². The molecule has 1 saturated carbocycles. The number of nitrogens with zero attached hydrogens (tertiary/aromatic N) is 1. The maximum Gasteiger partial charge on any atom is 0.407 e. The van der Waals surface area contributed by atoms with Crippen molar-refractivity contribution < 1.29 is 24.2 Å². The van der Waals surface area contributed by atoms with E-state index in [1.54, 1.807) is 11.9 Å². The Kier molecular flexibility index (Phi) is 8.06. The number of rotatable bonds is 10. The van der Waals surface area contributed by atoms with Crippen molar-refractivity contribution in [2.24, 2.45) is 5.92 Å². The van der Waals surface area contributed by atoms with E-state index in [2.05, 4.69) is 29.6 Å². The van der Waals surface area contributed by atoms with Crippen LogP contribution < -0.4 is 5.32 Å². The molecule has 0 bridgehead atoms. The summed E-state index contributed by atoms with van der Waals surface area (Å²) >= 11 is 0. The van der Waals surface area contributed by atoms with E-state index < -0.39 is 12.1 Å². The molecule has 2 unspecified atom stereocenters. The third kappa shape index (κ3) is 6.21. The summed E-state index contributed by atoms with van der Waals surface area (Å²) in [7, 11) is 1.77. The molecule has 0 aromatic heterocycles. The van der Waals surface area contributed by atoms with Crippen LogP contribution in [0.25, 0.3) is 11.1 Å². The molecule has 2 amide bonds. The van der Waals surface area contributed by atoms with Crippen molar-refractivity contribution in [1.82, 2.24) is 10.2 Å². The molecule has 2 N–H and O–H groups in total. The lowest BCUT2D eigenvalue weighted by Crippen LogP contribution is -2.34. The third-order valence-electron chi connectivity index (χ3n) is 7.23. The summed E-state index contributed by atoms with van der Waals surface area (Å²) in [5, 5.41) is 11.7. The van der Waals surface area contributed by atoms with E-state index in [1.807, 2.05) is 24.3 Å². The maximum absolute atomic E-state index is 12.6. The summed E-state index contributed by atoms with van der Waals surface area (Å²) in [5.74, 6) is -0.456. The highest BCUT2D eigenvalue weighted by molar-refractivity contribution is 5.79. The zero-order valence-electron chi connectivity index (χ0n) is 20.2. The molecule has 35 heavy (non-hydrogen) atoms. The molecule has 7 nitrogen and oxygen atoms in total. The van der Waals surface area contributed by atoms with Gasteiger partial charge in [0.2, 0.25) is 5.91 Å². The van der Waals surface area contributed by atoms with Crippen LogP contribution in [0.4, 0.5) is 4.79 Å². The minimum atomic E-state index is -0.806. The molecule has 0 spiro atoms. The lowest BCUT2D eigenvalue weighted by Gasteiger charge is -2.19. The number of ether oxygens (including phenoxy) is 1. The highest BCUT2D eigenvalue weighted by atomic mass is 16.5. The number of fused-ring (bicyclic) bond motifs is 3. The summed E-state index contributed by atoms with van der Waals surface area (Å²) in [6.45, 7) is 0.863. The van der Waals surface area contributed by atoms with Crippen molar-refractivity contribution in [2.45, 2.75) is 56.9 Å². The van der Waals surface area contributed by atoms with Gasteiger partial charge in [-0.2, -0.15) is 0 Å². The highest BCUT2D eigenvalue weighted by Crippen LogP contribution is 2.44. The standard InChI is InChI=1S/C28H34N2O5/c1-30(15-7-6-12-27(32)33)26(31)17-19-13-14-20(16-19)29-28(34)35-18-25-23-10-4-2-8-21(23)22-9-3-5-11-24(22)25/h2-5,8-11,19-20,25H,6-7,12-18H2,1H3,(H,29,34)(H,32,33). The topological polar surface area (TPSA) is 95.9 Å². The van der Waals surface area contributed by atoms with Crippen LogP contribution >= 0.6 is 0 Å². The van der Waals surface area contributed by atoms with Gasteiger partial charge in [0.25, 0.3) is 0 Å². The molecule has 0 radical (unpaired) electrons. The van der Waals surface area contributed by atoms with Crippen molar-refractivity contribution in [2.75, 3.05) is 20.2 Å². The fourth-order valence-corrected chi connectivity index (χ4v) is 5.35. The molecule has 4 rings (SSSR count). The Morgan fingerprint density at radius 1 is 1.00 bits per heavy atom. The number of aliphatic carboxylic acids is 1. The normalized spacial score (nSPS) is 18.5. The largest absolute Gasteiger partial charge is 0.481 e. The Bertz CT molecular complexity index is 1020.